The van der Waals surface area contributed by atoms with Gasteiger partial charge in [-0.05, 0) is 38.1 Å². The number of hydrogen-bond donors (Lipinski definition) is 2. The Hall–Kier alpha value is -0.340. The second-order valence-electron chi connectivity index (χ2n) is 3.19. The molecule has 11 heavy (non-hydrogen) atoms. The predicted molar refractivity (Wildman–Crippen MR) is 46.2 cm³/mol. The fraction of sp³-hybridized carbons (Fsp3) is 0.778. The maximum absolute atomic E-state index is 9.56. The third-order valence-electron chi connectivity index (χ3n) is 2.32. The Morgan fingerprint density at radius 3 is 2.91 bits per heavy atom. The number of nitrogens with two attached hydrogens (primary N) is 1. The van der Waals surface area contributed by atoms with Crippen molar-refractivity contribution in [1.29, 1.82) is 0 Å². The molecule has 1 aliphatic rings. The monoisotopic (exact) mass is 155 g/mol. The molecule has 0 amide bonds. The van der Waals surface area contributed by atoms with Crippen molar-refractivity contribution in [1.82, 2.24) is 0 Å². The maximum Gasteiger partial charge on any atom is 0.0583 e. The van der Waals surface area contributed by atoms with E-state index in [1.165, 1.54) is 0 Å². The van der Waals surface area contributed by atoms with Crippen molar-refractivity contribution in [2.24, 2.45) is 11.7 Å². The van der Waals surface area contributed by atoms with Crippen LogP contribution in [0.4, 0.5) is 0 Å². The van der Waals surface area contributed by atoms with Crippen LogP contribution >= 0.6 is 0 Å². The molecule has 64 valence electrons. The average Bonchev–Trinajstić information content (AvgIpc) is 2.07. The number of rotatable bonds is 3. The standard InChI is InChI=1S/C9H17NO/c10-7-6-9(11)8-4-2-1-3-5-8/h1-2,8-9,11H,3-7,10H2. The van der Waals surface area contributed by atoms with Gasteiger partial charge in [0.05, 0.1) is 6.10 Å². The molecule has 0 aliphatic heterocycles. The zero-order chi connectivity index (χ0) is 8.10. The molecule has 0 fully saturated rings. The van der Waals surface area contributed by atoms with E-state index in [-0.39, 0.29) is 6.10 Å². The minimum atomic E-state index is -0.176. The largest absolute Gasteiger partial charge is 0.393 e. The number of aliphatic hydroxyl groups excluding tert-OH is 1. The van der Waals surface area contributed by atoms with Gasteiger partial charge in [0.15, 0.2) is 0 Å². The summed E-state index contributed by atoms with van der Waals surface area (Å²) in [5.74, 6) is 0.462. The van der Waals surface area contributed by atoms with Crippen molar-refractivity contribution in [2.75, 3.05) is 6.54 Å². The van der Waals surface area contributed by atoms with Gasteiger partial charge in [-0.1, -0.05) is 12.2 Å². The van der Waals surface area contributed by atoms with Crippen LogP contribution in [0, 0.1) is 5.92 Å². The highest BCUT2D eigenvalue weighted by Gasteiger charge is 2.17. The molecule has 1 aliphatic carbocycles. The van der Waals surface area contributed by atoms with Crippen LogP contribution in [0.25, 0.3) is 0 Å². The summed E-state index contributed by atoms with van der Waals surface area (Å²) in [5, 5.41) is 9.56. The first kappa shape index (κ1) is 8.75. The molecule has 0 radical (unpaired) electrons. The maximum atomic E-state index is 9.56. The molecule has 2 atom stereocenters. The molecule has 1 rings (SSSR count). The van der Waals surface area contributed by atoms with Gasteiger partial charge in [0, 0.05) is 0 Å². The van der Waals surface area contributed by atoms with Crippen LogP contribution in [0.3, 0.4) is 0 Å². The Labute approximate surface area is 68.1 Å². The van der Waals surface area contributed by atoms with E-state index in [0.29, 0.717) is 12.5 Å². The molecule has 3 N–H and O–H groups in total. The summed E-state index contributed by atoms with van der Waals surface area (Å²) in [6.45, 7) is 0.599. The lowest BCUT2D eigenvalue weighted by molar-refractivity contribution is 0.0958. The van der Waals surface area contributed by atoms with Crippen LogP contribution in [-0.4, -0.2) is 17.8 Å². The van der Waals surface area contributed by atoms with E-state index < -0.39 is 0 Å². The lowest BCUT2D eigenvalue weighted by Crippen LogP contribution is -2.24. The van der Waals surface area contributed by atoms with Crippen molar-refractivity contribution >= 4 is 0 Å². The topological polar surface area (TPSA) is 46.2 Å². The van der Waals surface area contributed by atoms with E-state index in [2.05, 4.69) is 12.2 Å². The molecule has 0 saturated carbocycles. The molecule has 0 heterocycles. The van der Waals surface area contributed by atoms with Crippen LogP contribution in [0.15, 0.2) is 12.2 Å². The summed E-state index contributed by atoms with van der Waals surface area (Å²) in [6.07, 6.45) is 8.19. The summed E-state index contributed by atoms with van der Waals surface area (Å²) in [7, 11) is 0. The van der Waals surface area contributed by atoms with Gasteiger partial charge in [0.1, 0.15) is 0 Å². The molecule has 0 aromatic heterocycles. The number of aliphatic hydroxyl groups is 1. The van der Waals surface area contributed by atoms with Crippen LogP contribution in [0.1, 0.15) is 25.7 Å². The minimum Gasteiger partial charge on any atom is -0.393 e. The normalized spacial score (nSPS) is 26.9. The molecule has 0 spiro atoms. The van der Waals surface area contributed by atoms with E-state index >= 15 is 0 Å². The van der Waals surface area contributed by atoms with Gasteiger partial charge in [-0.15, -0.1) is 0 Å². The zero-order valence-corrected chi connectivity index (χ0v) is 6.87. The molecule has 2 nitrogen and oxygen atoms in total. The van der Waals surface area contributed by atoms with Crippen LogP contribution < -0.4 is 5.73 Å². The summed E-state index contributed by atoms with van der Waals surface area (Å²) in [5.41, 5.74) is 5.36. The SMILES string of the molecule is NCCC(O)C1CC=CCC1. The van der Waals surface area contributed by atoms with Gasteiger partial charge in [0.2, 0.25) is 0 Å². The first-order chi connectivity index (χ1) is 5.34. The lowest BCUT2D eigenvalue weighted by Gasteiger charge is -2.22. The Morgan fingerprint density at radius 2 is 2.36 bits per heavy atom. The van der Waals surface area contributed by atoms with Crippen LogP contribution in [-0.2, 0) is 0 Å². The predicted octanol–water partition coefficient (Wildman–Crippen LogP) is 1.05. The second kappa shape index (κ2) is 4.52. The van der Waals surface area contributed by atoms with Crippen molar-refractivity contribution in [2.45, 2.75) is 31.8 Å². The molecular weight excluding hydrogens is 138 g/mol. The van der Waals surface area contributed by atoms with Crippen molar-refractivity contribution in [3.8, 4) is 0 Å². The quantitative estimate of drug-likeness (QED) is 0.598. The Kier molecular flexibility index (Phi) is 3.60. The Morgan fingerprint density at radius 1 is 1.55 bits per heavy atom. The van der Waals surface area contributed by atoms with Gasteiger partial charge in [-0.3, -0.25) is 0 Å². The summed E-state index contributed by atoms with van der Waals surface area (Å²) >= 11 is 0. The third-order valence-corrected chi connectivity index (χ3v) is 2.32. The van der Waals surface area contributed by atoms with Crippen molar-refractivity contribution in [3.05, 3.63) is 12.2 Å². The highest BCUT2D eigenvalue weighted by molar-refractivity contribution is 4.92. The third kappa shape index (κ3) is 2.64. The first-order valence-corrected chi connectivity index (χ1v) is 4.37. The van der Waals surface area contributed by atoms with E-state index in [1.54, 1.807) is 0 Å². The van der Waals surface area contributed by atoms with Crippen LogP contribution in [0.2, 0.25) is 0 Å². The highest BCUT2D eigenvalue weighted by Crippen LogP contribution is 2.22. The van der Waals surface area contributed by atoms with Gasteiger partial charge >= 0.3 is 0 Å². The smallest absolute Gasteiger partial charge is 0.0583 e. The van der Waals surface area contributed by atoms with Gasteiger partial charge in [-0.2, -0.15) is 0 Å². The molecular formula is C9H17NO. The first-order valence-electron chi connectivity index (χ1n) is 4.37. The summed E-state index contributed by atoms with van der Waals surface area (Å²) < 4.78 is 0. The molecule has 2 unspecified atom stereocenters. The van der Waals surface area contributed by atoms with Crippen molar-refractivity contribution in [3.63, 3.8) is 0 Å². The fourth-order valence-electron chi connectivity index (χ4n) is 1.57. The molecule has 2 heteroatoms. The van der Waals surface area contributed by atoms with Crippen molar-refractivity contribution < 1.29 is 5.11 Å². The zero-order valence-electron chi connectivity index (χ0n) is 6.87. The lowest BCUT2D eigenvalue weighted by atomic mass is 9.88. The summed E-state index contributed by atoms with van der Waals surface area (Å²) in [4.78, 5) is 0. The van der Waals surface area contributed by atoms with Gasteiger partial charge in [0.25, 0.3) is 0 Å². The van der Waals surface area contributed by atoms with E-state index in [4.69, 9.17) is 5.73 Å². The highest BCUT2D eigenvalue weighted by atomic mass is 16.3. The number of allylic oxidation sites excluding steroid dienone is 2. The van der Waals surface area contributed by atoms with E-state index in [0.717, 1.165) is 25.7 Å². The van der Waals surface area contributed by atoms with Crippen LogP contribution in [0.5, 0.6) is 0 Å². The average molecular weight is 155 g/mol. The molecule has 0 saturated heterocycles. The Bertz CT molecular complexity index is 134. The van der Waals surface area contributed by atoms with E-state index in [9.17, 15) is 5.11 Å². The van der Waals surface area contributed by atoms with E-state index in [1.807, 2.05) is 0 Å². The molecule has 0 bridgehead atoms. The van der Waals surface area contributed by atoms with Gasteiger partial charge in [-0.25, -0.2) is 0 Å². The molecule has 0 aromatic rings. The summed E-state index contributed by atoms with van der Waals surface area (Å²) in [6, 6.07) is 0. The minimum absolute atomic E-state index is 0.176. The second-order valence-corrected chi connectivity index (χ2v) is 3.19. The molecule has 0 aromatic carbocycles. The number of hydrogen-bond acceptors (Lipinski definition) is 2. The Balaban J connectivity index is 2.28. The fourth-order valence-corrected chi connectivity index (χ4v) is 1.57. The van der Waals surface area contributed by atoms with Gasteiger partial charge < -0.3 is 10.8 Å².